The minimum atomic E-state index is -3.08. The van der Waals surface area contributed by atoms with Crippen molar-refractivity contribution in [2.24, 2.45) is 4.99 Å². The summed E-state index contributed by atoms with van der Waals surface area (Å²) in [6.45, 7) is 8.86. The molecular formula is C15H33IN4O2S2. The average molecular weight is 492 g/mol. The van der Waals surface area contributed by atoms with Gasteiger partial charge in [0.05, 0.1) is 12.3 Å². The Labute approximate surface area is 169 Å². The number of aliphatic imine (C=N–C) groups is 1. The SMILES string of the molecule is CCNC(=NCC1(C)CCCS1)NCCCN(C)S(=O)(=O)CC.I. The number of nitrogens with zero attached hydrogens (tertiary/aromatic N) is 2. The maximum atomic E-state index is 11.7. The van der Waals surface area contributed by atoms with Gasteiger partial charge in [-0.25, -0.2) is 12.7 Å². The molecule has 0 aromatic rings. The average Bonchev–Trinajstić information content (AvgIpc) is 2.95. The van der Waals surface area contributed by atoms with Gasteiger partial charge < -0.3 is 10.6 Å². The highest BCUT2D eigenvalue weighted by Gasteiger charge is 2.29. The summed E-state index contributed by atoms with van der Waals surface area (Å²) < 4.78 is 25.1. The van der Waals surface area contributed by atoms with Crippen molar-refractivity contribution in [3.05, 3.63) is 0 Å². The van der Waals surface area contributed by atoms with Gasteiger partial charge in [0, 0.05) is 31.4 Å². The van der Waals surface area contributed by atoms with Gasteiger partial charge in [0.2, 0.25) is 10.0 Å². The van der Waals surface area contributed by atoms with Crippen LogP contribution in [0, 0.1) is 0 Å². The number of rotatable bonds is 9. The van der Waals surface area contributed by atoms with Crippen molar-refractivity contribution in [3.63, 3.8) is 0 Å². The molecule has 0 amide bonds. The first-order chi connectivity index (χ1) is 10.8. The molecule has 0 aromatic heterocycles. The molecular weight excluding hydrogens is 459 g/mol. The van der Waals surface area contributed by atoms with E-state index in [1.54, 1.807) is 14.0 Å². The third-order valence-corrected chi connectivity index (χ3v) is 7.38. The van der Waals surface area contributed by atoms with Crippen LogP contribution in [0.3, 0.4) is 0 Å². The molecule has 0 radical (unpaired) electrons. The summed E-state index contributed by atoms with van der Waals surface area (Å²) in [5.41, 5.74) is 0. The smallest absolute Gasteiger partial charge is 0.213 e. The third-order valence-electron chi connectivity index (χ3n) is 4.00. The van der Waals surface area contributed by atoms with Gasteiger partial charge >= 0.3 is 0 Å². The lowest BCUT2D eigenvalue weighted by Crippen LogP contribution is -2.40. The molecule has 9 heteroatoms. The van der Waals surface area contributed by atoms with Gasteiger partial charge in [0.25, 0.3) is 0 Å². The molecule has 0 bridgehead atoms. The van der Waals surface area contributed by atoms with Crippen LogP contribution in [-0.2, 0) is 10.0 Å². The van der Waals surface area contributed by atoms with Crippen LogP contribution in [0.5, 0.6) is 0 Å². The molecule has 24 heavy (non-hydrogen) atoms. The van der Waals surface area contributed by atoms with E-state index in [9.17, 15) is 8.42 Å². The quantitative estimate of drug-likeness (QED) is 0.223. The highest BCUT2D eigenvalue weighted by Crippen LogP contribution is 2.37. The van der Waals surface area contributed by atoms with Crippen molar-refractivity contribution >= 4 is 51.7 Å². The lowest BCUT2D eigenvalue weighted by Gasteiger charge is -2.21. The zero-order valence-corrected chi connectivity index (χ0v) is 19.3. The number of guanidine groups is 1. The van der Waals surface area contributed by atoms with E-state index < -0.39 is 10.0 Å². The minimum Gasteiger partial charge on any atom is -0.357 e. The largest absolute Gasteiger partial charge is 0.357 e. The molecule has 1 heterocycles. The molecule has 0 saturated carbocycles. The Morgan fingerprint density at radius 1 is 1.33 bits per heavy atom. The second-order valence-electron chi connectivity index (χ2n) is 6.10. The predicted molar refractivity (Wildman–Crippen MR) is 116 cm³/mol. The van der Waals surface area contributed by atoms with Gasteiger partial charge in [-0.05, 0) is 45.8 Å². The van der Waals surface area contributed by atoms with Crippen molar-refractivity contribution in [3.8, 4) is 0 Å². The lowest BCUT2D eigenvalue weighted by molar-refractivity contribution is 0.461. The van der Waals surface area contributed by atoms with Crippen LogP contribution in [0.4, 0.5) is 0 Å². The zero-order chi connectivity index (χ0) is 17.3. The molecule has 0 aromatic carbocycles. The normalized spacial score (nSPS) is 21.6. The van der Waals surface area contributed by atoms with Crippen molar-refractivity contribution in [2.75, 3.05) is 44.7 Å². The predicted octanol–water partition coefficient (Wildman–Crippen LogP) is 2.12. The Balaban J connectivity index is 0.00000529. The van der Waals surface area contributed by atoms with Crippen LogP contribution in [0.1, 0.15) is 40.0 Å². The van der Waals surface area contributed by atoms with Crippen LogP contribution in [0.25, 0.3) is 0 Å². The number of nitrogens with one attached hydrogen (secondary N) is 2. The molecule has 1 saturated heterocycles. The van der Waals surface area contributed by atoms with E-state index in [4.69, 9.17) is 4.99 Å². The van der Waals surface area contributed by atoms with Crippen molar-refractivity contribution < 1.29 is 8.42 Å². The van der Waals surface area contributed by atoms with E-state index in [2.05, 4.69) is 17.6 Å². The van der Waals surface area contributed by atoms with Gasteiger partial charge in [0.15, 0.2) is 5.96 Å². The molecule has 0 spiro atoms. The Bertz CT molecular complexity index is 480. The van der Waals surface area contributed by atoms with Crippen LogP contribution in [0.2, 0.25) is 0 Å². The molecule has 1 aliphatic heterocycles. The fourth-order valence-electron chi connectivity index (χ4n) is 2.42. The van der Waals surface area contributed by atoms with Crippen LogP contribution in [0.15, 0.2) is 4.99 Å². The topological polar surface area (TPSA) is 73.8 Å². The Hall–Kier alpha value is 0.260. The highest BCUT2D eigenvalue weighted by atomic mass is 127. The van der Waals surface area contributed by atoms with E-state index in [0.29, 0.717) is 13.1 Å². The van der Waals surface area contributed by atoms with E-state index in [1.807, 2.05) is 18.7 Å². The zero-order valence-electron chi connectivity index (χ0n) is 15.3. The van der Waals surface area contributed by atoms with Gasteiger partial charge in [-0.2, -0.15) is 11.8 Å². The first-order valence-corrected chi connectivity index (χ1v) is 11.0. The summed E-state index contributed by atoms with van der Waals surface area (Å²) in [6.07, 6.45) is 3.26. The number of hydrogen-bond acceptors (Lipinski definition) is 4. The Morgan fingerprint density at radius 2 is 2.04 bits per heavy atom. The molecule has 1 unspecified atom stereocenters. The van der Waals surface area contributed by atoms with Crippen LogP contribution >= 0.6 is 35.7 Å². The molecule has 6 nitrogen and oxygen atoms in total. The van der Waals surface area contributed by atoms with Crippen molar-refractivity contribution in [1.29, 1.82) is 0 Å². The van der Waals surface area contributed by atoms with Gasteiger partial charge in [-0.3, -0.25) is 4.99 Å². The first kappa shape index (κ1) is 24.3. The van der Waals surface area contributed by atoms with E-state index >= 15 is 0 Å². The molecule has 1 atom stereocenters. The van der Waals surface area contributed by atoms with Gasteiger partial charge in [0.1, 0.15) is 0 Å². The van der Waals surface area contributed by atoms with Gasteiger partial charge in [-0.15, -0.1) is 24.0 Å². The molecule has 2 N–H and O–H groups in total. The molecule has 144 valence electrons. The summed E-state index contributed by atoms with van der Waals surface area (Å²) >= 11 is 2.01. The van der Waals surface area contributed by atoms with E-state index in [0.717, 1.165) is 25.5 Å². The number of halogens is 1. The third kappa shape index (κ3) is 8.57. The molecule has 0 aliphatic carbocycles. The summed E-state index contributed by atoms with van der Waals surface area (Å²) in [4.78, 5) is 4.69. The Kier molecular flexibility index (Phi) is 11.9. The van der Waals surface area contributed by atoms with Crippen LogP contribution < -0.4 is 10.6 Å². The molecule has 1 rings (SSSR count). The highest BCUT2D eigenvalue weighted by molar-refractivity contribution is 14.0. The number of sulfonamides is 1. The minimum absolute atomic E-state index is 0. The number of hydrogen-bond donors (Lipinski definition) is 2. The second-order valence-corrected chi connectivity index (χ2v) is 10.1. The van der Waals surface area contributed by atoms with Crippen LogP contribution in [-0.4, -0.2) is 68.2 Å². The maximum absolute atomic E-state index is 11.7. The number of thioether (sulfide) groups is 1. The van der Waals surface area contributed by atoms with Crippen molar-refractivity contribution in [1.82, 2.24) is 14.9 Å². The monoisotopic (exact) mass is 492 g/mol. The van der Waals surface area contributed by atoms with E-state index in [-0.39, 0.29) is 34.5 Å². The lowest BCUT2D eigenvalue weighted by atomic mass is 10.1. The van der Waals surface area contributed by atoms with Gasteiger partial charge in [-0.1, -0.05) is 0 Å². The Morgan fingerprint density at radius 3 is 2.58 bits per heavy atom. The molecule has 1 fully saturated rings. The van der Waals surface area contributed by atoms with Crippen molar-refractivity contribution in [2.45, 2.75) is 44.8 Å². The standard InChI is InChI=1S/C15H32N4O2S2.HI/c1-5-16-14(18-13-15(3)9-7-12-22-15)17-10-8-11-19(4)23(20,21)6-2;/h5-13H2,1-4H3,(H2,16,17,18);1H. The molecule has 1 aliphatic rings. The maximum Gasteiger partial charge on any atom is 0.213 e. The second kappa shape index (κ2) is 11.8. The summed E-state index contributed by atoms with van der Waals surface area (Å²) in [5.74, 6) is 2.20. The fraction of sp³-hybridized carbons (Fsp3) is 0.933. The summed E-state index contributed by atoms with van der Waals surface area (Å²) in [7, 11) is -1.45. The first-order valence-electron chi connectivity index (χ1n) is 8.43. The fourth-order valence-corrected chi connectivity index (χ4v) is 4.49. The summed E-state index contributed by atoms with van der Waals surface area (Å²) in [6, 6.07) is 0. The van der Waals surface area contributed by atoms with E-state index in [1.165, 1.54) is 22.9 Å². The summed E-state index contributed by atoms with van der Waals surface area (Å²) in [5, 5.41) is 6.55.